The Balaban J connectivity index is 2.24. The predicted molar refractivity (Wildman–Crippen MR) is 128 cm³/mol. The third-order valence-electron chi connectivity index (χ3n) is 6.21. The quantitative estimate of drug-likeness (QED) is 0.328. The Labute approximate surface area is 180 Å². The van der Waals surface area contributed by atoms with Gasteiger partial charge in [0.1, 0.15) is 5.69 Å². The molecule has 0 aliphatic heterocycles. The Kier molecular flexibility index (Phi) is 5.27. The van der Waals surface area contributed by atoms with Gasteiger partial charge in [-0.05, 0) is 55.0 Å². The van der Waals surface area contributed by atoms with Crippen molar-refractivity contribution < 1.29 is 4.57 Å². The third-order valence-corrected chi connectivity index (χ3v) is 6.21. The minimum atomic E-state index is 0.441. The topological polar surface area (TPSA) is 8.81 Å². The second-order valence-corrected chi connectivity index (χ2v) is 9.12. The van der Waals surface area contributed by atoms with Crippen LogP contribution in [0.25, 0.3) is 28.1 Å². The smallest absolute Gasteiger partial charge is 0.225 e. The van der Waals surface area contributed by atoms with Gasteiger partial charge in [-0.2, -0.15) is 4.57 Å². The van der Waals surface area contributed by atoms with Crippen molar-refractivity contribution in [3.63, 3.8) is 0 Å². The minimum Gasteiger partial charge on any atom is -0.225 e. The van der Waals surface area contributed by atoms with E-state index in [1.165, 1.54) is 50.4 Å². The first kappa shape index (κ1) is 20.4. The summed E-state index contributed by atoms with van der Waals surface area (Å²) in [6, 6.07) is 22.4. The number of hydrogen-bond acceptors (Lipinski definition) is 0. The molecular formula is C28H33N2+. The molecule has 154 valence electrons. The zero-order valence-corrected chi connectivity index (χ0v) is 19.3. The maximum atomic E-state index is 2.52. The molecule has 0 amide bonds. The molecule has 0 aliphatic rings. The molecule has 0 saturated carbocycles. The van der Waals surface area contributed by atoms with Gasteiger partial charge in [-0.15, -0.1) is 0 Å². The first-order chi connectivity index (χ1) is 14.3. The molecule has 4 rings (SSSR count). The Morgan fingerprint density at radius 2 is 1.40 bits per heavy atom. The van der Waals surface area contributed by atoms with E-state index in [0.29, 0.717) is 11.8 Å². The van der Waals surface area contributed by atoms with E-state index >= 15 is 0 Å². The van der Waals surface area contributed by atoms with Crippen LogP contribution in [0.2, 0.25) is 0 Å². The maximum Gasteiger partial charge on any atom is 0.295 e. The summed E-state index contributed by atoms with van der Waals surface area (Å²) < 4.78 is 4.88. The molecule has 4 aromatic rings. The molecule has 3 aromatic carbocycles. The first-order valence-electron chi connectivity index (χ1n) is 11.0. The number of benzene rings is 3. The molecule has 0 fully saturated rings. The van der Waals surface area contributed by atoms with Gasteiger partial charge < -0.3 is 0 Å². The van der Waals surface area contributed by atoms with Crippen LogP contribution in [0.4, 0.5) is 0 Å². The number of imidazole rings is 1. The fraction of sp³-hybridized carbons (Fsp3) is 0.321. The zero-order valence-electron chi connectivity index (χ0n) is 19.3. The fourth-order valence-electron chi connectivity index (χ4n) is 4.60. The number of rotatable bonds is 4. The highest BCUT2D eigenvalue weighted by atomic mass is 15.2. The average Bonchev–Trinajstić information content (AvgIpc) is 2.99. The Morgan fingerprint density at radius 3 is 2.00 bits per heavy atom. The highest BCUT2D eigenvalue weighted by Gasteiger charge is 2.31. The molecule has 1 aromatic heterocycles. The number of aryl methyl sites for hydroxylation is 3. The van der Waals surface area contributed by atoms with E-state index in [-0.39, 0.29) is 0 Å². The van der Waals surface area contributed by atoms with Crippen molar-refractivity contribution in [2.45, 2.75) is 53.4 Å². The summed E-state index contributed by atoms with van der Waals surface area (Å²) in [5.74, 6) is 2.12. The monoisotopic (exact) mass is 397 g/mol. The number of para-hydroxylation sites is 1. The van der Waals surface area contributed by atoms with Crippen LogP contribution < -0.4 is 4.57 Å². The molecule has 0 unspecified atom stereocenters. The second kappa shape index (κ2) is 7.75. The maximum absolute atomic E-state index is 2.52. The summed E-state index contributed by atoms with van der Waals surface area (Å²) in [4.78, 5) is 0. The summed E-state index contributed by atoms with van der Waals surface area (Å²) in [6.45, 7) is 13.6. The largest absolute Gasteiger partial charge is 0.295 e. The van der Waals surface area contributed by atoms with Crippen LogP contribution in [-0.2, 0) is 7.05 Å². The molecule has 0 radical (unpaired) electrons. The van der Waals surface area contributed by atoms with Gasteiger partial charge in [-0.1, -0.05) is 70.2 Å². The fourth-order valence-corrected chi connectivity index (χ4v) is 4.60. The van der Waals surface area contributed by atoms with Crippen molar-refractivity contribution in [1.29, 1.82) is 0 Å². The molecule has 1 heterocycles. The molecule has 0 saturated heterocycles. The molecule has 0 N–H and O–H groups in total. The molecular weight excluding hydrogens is 364 g/mol. The lowest BCUT2D eigenvalue weighted by atomic mass is 9.92. The van der Waals surface area contributed by atoms with E-state index < -0.39 is 0 Å². The summed E-state index contributed by atoms with van der Waals surface area (Å²) in [6.07, 6.45) is 0. The second-order valence-electron chi connectivity index (χ2n) is 9.12. The highest BCUT2D eigenvalue weighted by Crippen LogP contribution is 2.37. The van der Waals surface area contributed by atoms with Gasteiger partial charge >= 0.3 is 0 Å². The molecule has 30 heavy (non-hydrogen) atoms. The lowest BCUT2D eigenvalue weighted by Crippen LogP contribution is -2.30. The lowest BCUT2D eigenvalue weighted by Gasteiger charge is -2.18. The molecule has 2 heteroatoms. The van der Waals surface area contributed by atoms with Crippen LogP contribution in [0.15, 0.2) is 60.7 Å². The van der Waals surface area contributed by atoms with Gasteiger partial charge in [0.25, 0.3) is 5.82 Å². The summed E-state index contributed by atoms with van der Waals surface area (Å²) >= 11 is 0. The van der Waals surface area contributed by atoms with Crippen molar-refractivity contribution in [2.24, 2.45) is 7.05 Å². The Morgan fingerprint density at radius 1 is 0.767 bits per heavy atom. The van der Waals surface area contributed by atoms with Crippen molar-refractivity contribution in [3.8, 4) is 17.1 Å². The number of hydrogen-bond donors (Lipinski definition) is 0. The van der Waals surface area contributed by atoms with Gasteiger partial charge in [-0.3, -0.25) is 0 Å². The van der Waals surface area contributed by atoms with Crippen LogP contribution in [0, 0.1) is 13.8 Å². The van der Waals surface area contributed by atoms with Crippen molar-refractivity contribution in [3.05, 3.63) is 82.9 Å². The number of aromatic nitrogens is 2. The minimum absolute atomic E-state index is 0.441. The van der Waals surface area contributed by atoms with Crippen molar-refractivity contribution in [2.75, 3.05) is 0 Å². The van der Waals surface area contributed by atoms with E-state index in [1.54, 1.807) is 0 Å². The van der Waals surface area contributed by atoms with Crippen LogP contribution in [0.5, 0.6) is 0 Å². The van der Waals surface area contributed by atoms with E-state index in [1.807, 2.05) is 0 Å². The molecule has 2 nitrogen and oxygen atoms in total. The molecule has 0 aliphatic carbocycles. The number of nitrogens with zero attached hydrogens (tertiary/aromatic N) is 2. The van der Waals surface area contributed by atoms with E-state index in [9.17, 15) is 0 Å². The zero-order chi connectivity index (χ0) is 21.6. The van der Waals surface area contributed by atoms with E-state index in [2.05, 4.69) is 118 Å². The highest BCUT2D eigenvalue weighted by molar-refractivity contribution is 5.81. The van der Waals surface area contributed by atoms with E-state index in [0.717, 1.165) is 0 Å². The summed E-state index contributed by atoms with van der Waals surface area (Å²) in [5.41, 5.74) is 10.5. The normalized spacial score (nSPS) is 11.8. The van der Waals surface area contributed by atoms with Crippen molar-refractivity contribution >= 4 is 11.0 Å². The van der Waals surface area contributed by atoms with Gasteiger partial charge in [0.2, 0.25) is 0 Å². The number of fused-ring (bicyclic) bond motifs is 1. The molecule has 0 spiro atoms. The van der Waals surface area contributed by atoms with Gasteiger partial charge in [-0.25, -0.2) is 4.57 Å². The lowest BCUT2D eigenvalue weighted by molar-refractivity contribution is -0.633. The first-order valence-corrected chi connectivity index (χ1v) is 11.0. The van der Waals surface area contributed by atoms with Crippen LogP contribution in [0.3, 0.4) is 0 Å². The summed E-state index contributed by atoms with van der Waals surface area (Å²) in [7, 11) is 2.20. The van der Waals surface area contributed by atoms with Crippen molar-refractivity contribution in [1.82, 2.24) is 4.57 Å². The van der Waals surface area contributed by atoms with Crippen LogP contribution >= 0.6 is 0 Å². The van der Waals surface area contributed by atoms with Crippen LogP contribution in [-0.4, -0.2) is 4.57 Å². The summed E-state index contributed by atoms with van der Waals surface area (Å²) in [5, 5.41) is 0. The molecule has 0 atom stereocenters. The van der Waals surface area contributed by atoms with Gasteiger partial charge in [0.05, 0.1) is 12.6 Å². The molecule has 0 bridgehead atoms. The standard InChI is InChI=1S/C28H33N2/c1-18(2)22-13-10-14-23(19(3)4)27(22)30-26-17-20(5)15-16-25(26)29(7)28(30)24-12-9-8-11-21(24)6/h8-19H,1-7H3/q+1. The average molecular weight is 398 g/mol. The van der Waals surface area contributed by atoms with Gasteiger partial charge in [0.15, 0.2) is 11.0 Å². The Hall–Kier alpha value is -2.87. The third kappa shape index (κ3) is 3.25. The Bertz CT molecular complexity index is 1200. The SMILES string of the molecule is Cc1ccc2c(c1)n(-c1c(C(C)C)cccc1C(C)C)c(-c1ccccc1C)[n+]2C. The van der Waals surface area contributed by atoms with Crippen LogP contribution in [0.1, 0.15) is 61.8 Å². The predicted octanol–water partition coefficient (Wildman–Crippen LogP) is 6.99. The van der Waals surface area contributed by atoms with E-state index in [4.69, 9.17) is 0 Å². The van der Waals surface area contributed by atoms with Gasteiger partial charge in [0, 0.05) is 11.1 Å².